The summed E-state index contributed by atoms with van der Waals surface area (Å²) >= 11 is 6.03. The lowest BCUT2D eigenvalue weighted by atomic mass is 10.0. The number of aryl methyl sites for hydroxylation is 1. The van der Waals surface area contributed by atoms with Gasteiger partial charge in [-0.3, -0.25) is 14.3 Å². The van der Waals surface area contributed by atoms with E-state index in [9.17, 15) is 19.2 Å². The van der Waals surface area contributed by atoms with Crippen LogP contribution in [0.5, 0.6) is 0 Å². The van der Waals surface area contributed by atoms with Crippen LogP contribution in [0.4, 0.5) is 4.39 Å². The molecule has 0 N–H and O–H groups in total. The fourth-order valence-electron chi connectivity index (χ4n) is 3.87. The van der Waals surface area contributed by atoms with E-state index in [0.29, 0.717) is 11.1 Å². The third kappa shape index (κ3) is 3.80. The Bertz CT molecular complexity index is 1750. The fourth-order valence-corrected chi connectivity index (χ4v) is 4.05. The summed E-state index contributed by atoms with van der Waals surface area (Å²) in [5, 5.41) is 9.33. The van der Waals surface area contributed by atoms with Gasteiger partial charge in [0.1, 0.15) is 23.6 Å². The number of para-hydroxylation sites is 2. The van der Waals surface area contributed by atoms with Crippen LogP contribution in [0.1, 0.15) is 5.56 Å². The second-order valence-electron chi connectivity index (χ2n) is 7.73. The molecular formula is C25H15ClFN5O3. The number of oxazole rings is 1. The molecule has 10 heteroatoms. The minimum atomic E-state index is -0.779. The van der Waals surface area contributed by atoms with Crippen molar-refractivity contribution in [2.75, 3.05) is 0 Å². The largest absolute Gasteiger partial charge is 0.435 e. The summed E-state index contributed by atoms with van der Waals surface area (Å²) in [4.78, 5) is 36.0. The maximum absolute atomic E-state index is 14.0. The number of nitriles is 1. The summed E-state index contributed by atoms with van der Waals surface area (Å²) < 4.78 is 21.9. The molecule has 0 aliphatic rings. The molecule has 0 fully saturated rings. The first-order valence-corrected chi connectivity index (χ1v) is 10.8. The molecule has 0 saturated heterocycles. The van der Waals surface area contributed by atoms with Gasteiger partial charge in [-0.15, -0.1) is 0 Å². The number of rotatable bonds is 4. The van der Waals surface area contributed by atoms with Gasteiger partial charge in [0.15, 0.2) is 5.58 Å². The molecule has 0 amide bonds. The molecule has 0 spiro atoms. The summed E-state index contributed by atoms with van der Waals surface area (Å²) in [6.45, 7) is 1.36. The first-order valence-electron chi connectivity index (χ1n) is 10.4. The number of fused-ring (bicyclic) bond motifs is 1. The lowest BCUT2D eigenvalue weighted by Gasteiger charge is -2.16. The number of nitrogens with zero attached hydrogens (tertiary/aromatic N) is 5. The third-order valence-electron chi connectivity index (χ3n) is 5.40. The molecule has 0 atom stereocenters. The van der Waals surface area contributed by atoms with Crippen LogP contribution in [0.15, 0.2) is 74.9 Å². The van der Waals surface area contributed by atoms with Crippen molar-refractivity contribution >= 4 is 22.7 Å². The predicted molar refractivity (Wildman–Crippen MR) is 128 cm³/mol. The Balaban J connectivity index is 1.96. The summed E-state index contributed by atoms with van der Waals surface area (Å²) in [6.07, 6.45) is 2.95. The molecule has 8 nitrogen and oxygen atoms in total. The van der Waals surface area contributed by atoms with Crippen molar-refractivity contribution in [3.8, 4) is 34.5 Å². The highest BCUT2D eigenvalue weighted by atomic mass is 35.5. The normalized spacial score (nSPS) is 11.0. The van der Waals surface area contributed by atoms with Crippen LogP contribution in [0.25, 0.3) is 39.5 Å². The van der Waals surface area contributed by atoms with Crippen LogP contribution < -0.4 is 11.2 Å². The van der Waals surface area contributed by atoms with Gasteiger partial charge in [-0.25, -0.2) is 18.7 Å². The van der Waals surface area contributed by atoms with Gasteiger partial charge in [0.2, 0.25) is 5.89 Å². The second-order valence-corrected chi connectivity index (χ2v) is 8.13. The molecule has 3 heterocycles. The van der Waals surface area contributed by atoms with Crippen LogP contribution in [0.2, 0.25) is 5.02 Å². The quantitative estimate of drug-likeness (QED) is 0.369. The van der Waals surface area contributed by atoms with E-state index >= 15 is 0 Å². The Morgan fingerprint density at radius 3 is 2.66 bits per heavy atom. The maximum atomic E-state index is 14.0. The van der Waals surface area contributed by atoms with Crippen molar-refractivity contribution in [3.63, 3.8) is 0 Å². The van der Waals surface area contributed by atoms with E-state index < -0.39 is 23.6 Å². The highest BCUT2D eigenvalue weighted by Crippen LogP contribution is 2.32. The van der Waals surface area contributed by atoms with Gasteiger partial charge < -0.3 is 4.42 Å². The van der Waals surface area contributed by atoms with Gasteiger partial charge in [0.05, 0.1) is 28.5 Å². The van der Waals surface area contributed by atoms with Gasteiger partial charge in [-0.2, -0.15) is 5.26 Å². The third-order valence-corrected chi connectivity index (χ3v) is 5.69. The topological polar surface area (TPSA) is 107 Å². The Kier molecular flexibility index (Phi) is 5.51. The Morgan fingerprint density at radius 2 is 1.94 bits per heavy atom. The highest BCUT2D eigenvalue weighted by molar-refractivity contribution is 6.31. The Morgan fingerprint density at radius 1 is 1.14 bits per heavy atom. The monoisotopic (exact) mass is 487 g/mol. The molecule has 5 aromatic rings. The van der Waals surface area contributed by atoms with Gasteiger partial charge in [0.25, 0.3) is 5.56 Å². The molecule has 5 rings (SSSR count). The second kappa shape index (κ2) is 8.66. The van der Waals surface area contributed by atoms with Crippen molar-refractivity contribution in [1.29, 1.82) is 5.26 Å². The number of halogens is 2. The number of hydrogen-bond donors (Lipinski definition) is 0. The zero-order chi connectivity index (χ0) is 24.7. The van der Waals surface area contributed by atoms with E-state index in [1.165, 1.54) is 18.3 Å². The van der Waals surface area contributed by atoms with Gasteiger partial charge >= 0.3 is 5.69 Å². The molecular weight excluding hydrogens is 473 g/mol. The lowest BCUT2D eigenvalue weighted by Crippen LogP contribution is -2.40. The van der Waals surface area contributed by atoms with Crippen LogP contribution in [-0.2, 0) is 6.54 Å². The van der Waals surface area contributed by atoms with Crippen molar-refractivity contribution < 1.29 is 8.81 Å². The van der Waals surface area contributed by atoms with Crippen LogP contribution in [0.3, 0.4) is 0 Å². The molecule has 3 aromatic heterocycles. The first-order chi connectivity index (χ1) is 16.9. The predicted octanol–water partition coefficient (Wildman–Crippen LogP) is 4.49. The molecule has 0 saturated carbocycles. The average Bonchev–Trinajstić information content (AvgIpc) is 3.26. The SMILES string of the molecule is Cc1cncc(-n2c(=O)c(-c3ccc(F)c(Cl)c3)c(-c3nc4ccccc4o3)n(CC#N)c2=O)c1. The van der Waals surface area contributed by atoms with Crippen LogP contribution in [-0.4, -0.2) is 19.1 Å². The smallest absolute Gasteiger partial charge is 0.337 e. The van der Waals surface area contributed by atoms with Crippen LogP contribution in [0, 0.1) is 24.1 Å². The first kappa shape index (κ1) is 22.3. The number of pyridine rings is 1. The summed E-state index contributed by atoms with van der Waals surface area (Å²) in [5.74, 6) is -0.715. The van der Waals surface area contributed by atoms with Crippen molar-refractivity contribution in [2.45, 2.75) is 13.5 Å². The molecule has 0 aliphatic carbocycles. The summed E-state index contributed by atoms with van der Waals surface area (Å²) in [5.41, 5.74) is 0.518. The van der Waals surface area contributed by atoms with E-state index in [0.717, 1.165) is 20.8 Å². The zero-order valence-corrected chi connectivity index (χ0v) is 19.0. The molecule has 2 aromatic carbocycles. The van der Waals surface area contributed by atoms with Gasteiger partial charge in [-0.05, 0) is 48.4 Å². The zero-order valence-electron chi connectivity index (χ0n) is 18.2. The summed E-state index contributed by atoms with van der Waals surface area (Å²) in [7, 11) is 0. The molecule has 0 aliphatic heterocycles. The average molecular weight is 488 g/mol. The molecule has 0 unspecified atom stereocenters. The van der Waals surface area contributed by atoms with E-state index in [4.69, 9.17) is 16.0 Å². The van der Waals surface area contributed by atoms with Crippen LogP contribution >= 0.6 is 11.6 Å². The molecule has 0 bridgehead atoms. The van der Waals surface area contributed by atoms with Crippen molar-refractivity contribution in [1.82, 2.24) is 19.1 Å². The van der Waals surface area contributed by atoms with Crippen molar-refractivity contribution in [2.24, 2.45) is 0 Å². The standard InChI is InChI=1S/C25H15ClFN5O3/c1-14-10-16(13-29-12-14)32-24(33)21(15-6-7-18(27)17(26)11-15)22(31(9-8-28)25(32)34)23-30-19-4-2-3-5-20(19)35-23/h2-7,10-13H,9H2,1H3. The Labute approximate surface area is 202 Å². The number of benzene rings is 2. The van der Waals surface area contributed by atoms with Gasteiger partial charge in [0, 0.05) is 6.20 Å². The Hall–Kier alpha value is -4.55. The molecule has 0 radical (unpaired) electrons. The van der Waals surface area contributed by atoms with E-state index in [-0.39, 0.29) is 33.4 Å². The number of hydrogen-bond acceptors (Lipinski definition) is 6. The van der Waals surface area contributed by atoms with E-state index in [1.807, 2.05) is 6.07 Å². The molecule has 35 heavy (non-hydrogen) atoms. The fraction of sp³-hybridized carbons (Fsp3) is 0.0800. The van der Waals surface area contributed by atoms with E-state index in [1.54, 1.807) is 43.5 Å². The molecule has 172 valence electrons. The van der Waals surface area contributed by atoms with Gasteiger partial charge in [-0.1, -0.05) is 29.8 Å². The number of aromatic nitrogens is 4. The maximum Gasteiger partial charge on any atom is 0.337 e. The lowest BCUT2D eigenvalue weighted by molar-refractivity contribution is 0.599. The van der Waals surface area contributed by atoms with Crippen molar-refractivity contribution in [3.05, 3.63) is 98.2 Å². The van der Waals surface area contributed by atoms with E-state index in [2.05, 4.69) is 9.97 Å². The summed E-state index contributed by atoms with van der Waals surface area (Å²) in [6, 6.07) is 14.2. The highest BCUT2D eigenvalue weighted by Gasteiger charge is 2.26. The minimum absolute atomic E-state index is 0.0164. The minimum Gasteiger partial charge on any atom is -0.435 e.